The maximum Gasteiger partial charge on any atom is 0.326 e. The standard InChI is InChI=1S/C15H19NO4/c17-12-9-13(15(19)20)16(10-12)14(18)8-4-7-11-5-2-1-3-6-11/h1-3,5-6,12-13,17H,4,7-10H2,(H,19,20)/t12-,13+/m1/s1. The molecule has 1 heterocycles. The number of likely N-dealkylation sites (tertiary alicyclic amines) is 1. The summed E-state index contributed by atoms with van der Waals surface area (Å²) in [4.78, 5) is 24.4. The van der Waals surface area contributed by atoms with Gasteiger partial charge in [0.25, 0.3) is 0 Å². The highest BCUT2D eigenvalue weighted by Gasteiger charge is 2.38. The van der Waals surface area contributed by atoms with Gasteiger partial charge in [0, 0.05) is 19.4 Å². The van der Waals surface area contributed by atoms with Gasteiger partial charge in [-0.05, 0) is 18.4 Å². The van der Waals surface area contributed by atoms with Crippen LogP contribution in [0.5, 0.6) is 0 Å². The van der Waals surface area contributed by atoms with E-state index in [9.17, 15) is 14.7 Å². The lowest BCUT2D eigenvalue weighted by Crippen LogP contribution is -2.40. The number of hydrogen-bond donors (Lipinski definition) is 2. The van der Waals surface area contributed by atoms with Gasteiger partial charge in [0.05, 0.1) is 6.10 Å². The second-order valence-corrected chi connectivity index (χ2v) is 5.13. The molecule has 1 saturated heterocycles. The third-order valence-corrected chi connectivity index (χ3v) is 3.58. The number of rotatable bonds is 5. The summed E-state index contributed by atoms with van der Waals surface area (Å²) in [7, 11) is 0. The number of aliphatic carboxylic acids is 1. The number of aliphatic hydroxyl groups is 1. The van der Waals surface area contributed by atoms with Crippen molar-refractivity contribution in [3.05, 3.63) is 35.9 Å². The zero-order valence-electron chi connectivity index (χ0n) is 11.2. The highest BCUT2D eigenvalue weighted by molar-refractivity contribution is 5.84. The average molecular weight is 277 g/mol. The molecule has 1 aromatic rings. The van der Waals surface area contributed by atoms with Crippen LogP contribution in [0, 0.1) is 0 Å². The van der Waals surface area contributed by atoms with Crippen LogP contribution in [0.25, 0.3) is 0 Å². The van der Waals surface area contributed by atoms with E-state index in [1.165, 1.54) is 4.90 Å². The Hall–Kier alpha value is -1.88. The second-order valence-electron chi connectivity index (χ2n) is 5.13. The topological polar surface area (TPSA) is 77.8 Å². The summed E-state index contributed by atoms with van der Waals surface area (Å²) in [5, 5.41) is 18.6. The minimum atomic E-state index is -1.04. The first-order chi connectivity index (χ1) is 9.58. The third-order valence-electron chi connectivity index (χ3n) is 3.58. The Balaban J connectivity index is 1.84. The lowest BCUT2D eigenvalue weighted by Gasteiger charge is -2.21. The van der Waals surface area contributed by atoms with Crippen LogP contribution in [-0.2, 0) is 16.0 Å². The molecule has 0 aliphatic carbocycles. The predicted octanol–water partition coefficient (Wildman–Crippen LogP) is 1.06. The molecule has 2 N–H and O–H groups in total. The number of carboxylic acids is 1. The summed E-state index contributed by atoms with van der Waals surface area (Å²) >= 11 is 0. The summed E-state index contributed by atoms with van der Waals surface area (Å²) < 4.78 is 0. The van der Waals surface area contributed by atoms with Crippen molar-refractivity contribution in [3.8, 4) is 0 Å². The van der Waals surface area contributed by atoms with Crippen molar-refractivity contribution < 1.29 is 19.8 Å². The van der Waals surface area contributed by atoms with E-state index in [4.69, 9.17) is 5.11 Å². The summed E-state index contributed by atoms with van der Waals surface area (Å²) in [6.45, 7) is 0.126. The van der Waals surface area contributed by atoms with Crippen molar-refractivity contribution in [2.24, 2.45) is 0 Å². The van der Waals surface area contributed by atoms with E-state index in [-0.39, 0.29) is 18.9 Å². The Kier molecular flexibility index (Phi) is 4.74. The molecule has 2 atom stereocenters. The van der Waals surface area contributed by atoms with Crippen molar-refractivity contribution >= 4 is 11.9 Å². The molecule has 1 aliphatic rings. The lowest BCUT2D eigenvalue weighted by molar-refractivity contribution is -0.148. The van der Waals surface area contributed by atoms with Gasteiger partial charge in [-0.1, -0.05) is 30.3 Å². The first-order valence-corrected chi connectivity index (χ1v) is 6.82. The van der Waals surface area contributed by atoms with Crippen molar-refractivity contribution in [3.63, 3.8) is 0 Å². The Labute approximate surface area is 117 Å². The van der Waals surface area contributed by atoms with Crippen molar-refractivity contribution in [2.45, 2.75) is 37.8 Å². The number of carbonyl (C=O) groups is 2. The van der Waals surface area contributed by atoms with E-state index >= 15 is 0 Å². The summed E-state index contributed by atoms with van der Waals surface area (Å²) in [6.07, 6.45) is 1.18. The van der Waals surface area contributed by atoms with Crippen molar-refractivity contribution in [1.82, 2.24) is 4.90 Å². The molecule has 108 valence electrons. The summed E-state index contributed by atoms with van der Waals surface area (Å²) in [5.41, 5.74) is 1.16. The van der Waals surface area contributed by atoms with Gasteiger partial charge in [0.2, 0.25) is 5.91 Å². The minimum absolute atomic E-state index is 0.125. The Morgan fingerprint density at radius 3 is 2.60 bits per heavy atom. The fraction of sp³-hybridized carbons (Fsp3) is 0.467. The SMILES string of the molecule is O=C(O)[C@@H]1C[C@@H](O)CN1C(=O)CCCc1ccccc1. The number of benzene rings is 1. The Morgan fingerprint density at radius 1 is 1.25 bits per heavy atom. The fourth-order valence-corrected chi connectivity index (χ4v) is 2.56. The van der Waals surface area contributed by atoms with E-state index < -0.39 is 18.1 Å². The van der Waals surface area contributed by atoms with Gasteiger partial charge in [-0.25, -0.2) is 4.79 Å². The largest absolute Gasteiger partial charge is 0.480 e. The van der Waals surface area contributed by atoms with Crippen molar-refractivity contribution in [2.75, 3.05) is 6.54 Å². The first-order valence-electron chi connectivity index (χ1n) is 6.82. The van der Waals surface area contributed by atoms with Crippen LogP contribution in [0.3, 0.4) is 0 Å². The number of aryl methyl sites for hydroxylation is 1. The smallest absolute Gasteiger partial charge is 0.326 e. The van der Waals surface area contributed by atoms with E-state index in [0.717, 1.165) is 12.0 Å². The van der Waals surface area contributed by atoms with E-state index in [1.807, 2.05) is 30.3 Å². The van der Waals surface area contributed by atoms with Crippen LogP contribution < -0.4 is 0 Å². The predicted molar refractivity (Wildman–Crippen MR) is 73.1 cm³/mol. The molecule has 5 nitrogen and oxygen atoms in total. The number of nitrogens with zero attached hydrogens (tertiary/aromatic N) is 1. The maximum absolute atomic E-state index is 12.0. The van der Waals surface area contributed by atoms with Crippen LogP contribution >= 0.6 is 0 Å². The number of carbonyl (C=O) groups excluding carboxylic acids is 1. The summed E-state index contributed by atoms with van der Waals surface area (Å²) in [6, 6.07) is 8.98. The number of hydrogen-bond acceptors (Lipinski definition) is 3. The lowest BCUT2D eigenvalue weighted by atomic mass is 10.1. The first kappa shape index (κ1) is 14.5. The van der Waals surface area contributed by atoms with Gasteiger partial charge >= 0.3 is 5.97 Å². The van der Waals surface area contributed by atoms with E-state index in [2.05, 4.69) is 0 Å². The second kappa shape index (κ2) is 6.52. The molecule has 1 fully saturated rings. The highest BCUT2D eigenvalue weighted by Crippen LogP contribution is 2.20. The monoisotopic (exact) mass is 277 g/mol. The molecule has 0 radical (unpaired) electrons. The molecule has 0 saturated carbocycles. The molecule has 5 heteroatoms. The minimum Gasteiger partial charge on any atom is -0.480 e. The van der Waals surface area contributed by atoms with Crippen LogP contribution in [0.2, 0.25) is 0 Å². The van der Waals surface area contributed by atoms with Gasteiger partial charge in [0.1, 0.15) is 6.04 Å². The molecule has 2 rings (SSSR count). The molecular formula is C15H19NO4. The molecule has 1 aliphatic heterocycles. The maximum atomic E-state index is 12.0. The van der Waals surface area contributed by atoms with Gasteiger partial charge in [-0.3, -0.25) is 4.79 Å². The molecule has 0 unspecified atom stereocenters. The highest BCUT2D eigenvalue weighted by atomic mass is 16.4. The van der Waals surface area contributed by atoms with E-state index in [1.54, 1.807) is 0 Å². The zero-order valence-corrected chi connectivity index (χ0v) is 11.2. The number of β-amino-alcohol motifs (C(OH)–C–C–N with tert-alkyl or cyclic N) is 1. The molecule has 0 aromatic heterocycles. The molecular weight excluding hydrogens is 258 g/mol. The van der Waals surface area contributed by atoms with Crippen LogP contribution in [-0.4, -0.2) is 45.7 Å². The van der Waals surface area contributed by atoms with Crippen LogP contribution in [0.15, 0.2) is 30.3 Å². The van der Waals surface area contributed by atoms with Crippen LogP contribution in [0.1, 0.15) is 24.8 Å². The normalized spacial score (nSPS) is 21.9. The van der Waals surface area contributed by atoms with Gasteiger partial charge in [0.15, 0.2) is 0 Å². The number of amides is 1. The molecule has 0 bridgehead atoms. The Morgan fingerprint density at radius 2 is 1.95 bits per heavy atom. The zero-order chi connectivity index (χ0) is 14.5. The van der Waals surface area contributed by atoms with Gasteiger partial charge in [-0.2, -0.15) is 0 Å². The quantitative estimate of drug-likeness (QED) is 0.843. The molecule has 1 aromatic carbocycles. The fourth-order valence-electron chi connectivity index (χ4n) is 2.56. The van der Waals surface area contributed by atoms with Crippen LogP contribution in [0.4, 0.5) is 0 Å². The van der Waals surface area contributed by atoms with Gasteiger partial charge in [-0.15, -0.1) is 0 Å². The van der Waals surface area contributed by atoms with Gasteiger partial charge < -0.3 is 15.1 Å². The third kappa shape index (κ3) is 3.57. The van der Waals surface area contributed by atoms with E-state index in [0.29, 0.717) is 12.8 Å². The molecule has 0 spiro atoms. The summed E-state index contributed by atoms with van der Waals surface area (Å²) in [5.74, 6) is -1.23. The molecule has 1 amide bonds. The molecule has 20 heavy (non-hydrogen) atoms. The van der Waals surface area contributed by atoms with Crippen molar-refractivity contribution in [1.29, 1.82) is 0 Å². The number of aliphatic hydroxyl groups excluding tert-OH is 1. The number of carboxylic acid groups (broad SMARTS) is 1. The Bertz CT molecular complexity index is 474. The average Bonchev–Trinajstić information content (AvgIpc) is 2.82.